The molecule has 8 heteroatoms. The molecule has 0 unspecified atom stereocenters. The van der Waals surface area contributed by atoms with Gasteiger partial charge in [-0.3, -0.25) is 0 Å². The third-order valence-electron chi connectivity index (χ3n) is 5.00. The molecule has 2 aromatic carbocycles. The van der Waals surface area contributed by atoms with E-state index in [0.29, 0.717) is 49.8 Å². The lowest BCUT2D eigenvalue weighted by molar-refractivity contribution is -0.917. The summed E-state index contributed by atoms with van der Waals surface area (Å²) in [5.74, 6) is 0.882. The summed E-state index contributed by atoms with van der Waals surface area (Å²) in [6.45, 7) is 2.95. The van der Waals surface area contributed by atoms with Gasteiger partial charge in [0.25, 0.3) is 0 Å². The number of sulfonamides is 1. The van der Waals surface area contributed by atoms with Crippen LogP contribution in [0.15, 0.2) is 47.4 Å². The summed E-state index contributed by atoms with van der Waals surface area (Å²) in [4.78, 5) is 1.46. The Bertz CT molecular complexity index is 977. The van der Waals surface area contributed by atoms with Gasteiger partial charge < -0.3 is 14.4 Å². The molecule has 0 amide bonds. The van der Waals surface area contributed by atoms with Gasteiger partial charge in [-0.25, -0.2) is 8.42 Å². The molecule has 1 N–H and O–H groups in total. The third kappa shape index (κ3) is 4.12. The summed E-state index contributed by atoms with van der Waals surface area (Å²) in [7, 11) is -0.603. The molecule has 1 heterocycles. The van der Waals surface area contributed by atoms with Crippen LogP contribution in [-0.4, -0.2) is 53.1 Å². The molecule has 0 radical (unpaired) electrons. The fourth-order valence-electron chi connectivity index (χ4n) is 3.40. The molecule has 148 valence electrons. The summed E-state index contributed by atoms with van der Waals surface area (Å²) in [5, 5.41) is 9.24. The monoisotopic (exact) mass is 402 g/mol. The molecule has 28 heavy (non-hydrogen) atoms. The van der Waals surface area contributed by atoms with Crippen LogP contribution in [0.25, 0.3) is 0 Å². The number of ether oxygens (including phenoxy) is 2. The van der Waals surface area contributed by atoms with Crippen LogP contribution in [0, 0.1) is 11.3 Å². The summed E-state index contributed by atoms with van der Waals surface area (Å²) in [6, 6.07) is 14.4. The van der Waals surface area contributed by atoms with Crippen molar-refractivity contribution in [3.05, 3.63) is 53.6 Å². The lowest BCUT2D eigenvalue weighted by atomic mass is 10.1. The van der Waals surface area contributed by atoms with Gasteiger partial charge in [0.1, 0.15) is 6.54 Å². The van der Waals surface area contributed by atoms with Crippen molar-refractivity contribution in [2.24, 2.45) is 0 Å². The second-order valence-corrected chi connectivity index (χ2v) is 8.55. The number of piperazine rings is 1. The Morgan fingerprint density at radius 3 is 2.39 bits per heavy atom. The number of hydrogen-bond donors (Lipinski definition) is 1. The van der Waals surface area contributed by atoms with Crippen LogP contribution in [0.4, 0.5) is 0 Å². The number of hydrogen-bond acceptors (Lipinski definition) is 5. The molecule has 1 aliphatic rings. The van der Waals surface area contributed by atoms with Crippen molar-refractivity contribution in [2.45, 2.75) is 11.4 Å². The van der Waals surface area contributed by atoms with Gasteiger partial charge in [0.2, 0.25) is 10.0 Å². The standard InChI is InChI=1S/C20H23N3O4S/c1-26-19-8-7-18(13-20(19)27-2)28(24,25)23-11-9-22(10-12-23)15-17-6-4-3-5-16(17)14-21/h3-8,13H,9-12,15H2,1-2H3/p+1. The largest absolute Gasteiger partial charge is 0.493 e. The van der Waals surface area contributed by atoms with Gasteiger partial charge in [-0.15, -0.1) is 0 Å². The Kier molecular flexibility index (Phi) is 6.19. The minimum absolute atomic E-state index is 0.198. The van der Waals surface area contributed by atoms with Crippen LogP contribution in [0.3, 0.4) is 0 Å². The molecule has 2 aromatic rings. The third-order valence-corrected chi connectivity index (χ3v) is 6.90. The van der Waals surface area contributed by atoms with Crippen molar-refractivity contribution in [3.8, 4) is 17.6 Å². The average molecular weight is 402 g/mol. The van der Waals surface area contributed by atoms with Crippen LogP contribution < -0.4 is 14.4 Å². The molecule has 0 spiro atoms. The van der Waals surface area contributed by atoms with E-state index in [4.69, 9.17) is 9.47 Å². The van der Waals surface area contributed by atoms with Gasteiger partial charge in [-0.05, 0) is 18.2 Å². The molecule has 7 nitrogen and oxygen atoms in total. The molecule has 0 aromatic heterocycles. The normalized spacial score (nSPS) is 15.8. The second kappa shape index (κ2) is 8.61. The molecule has 0 bridgehead atoms. The molecule has 1 aliphatic heterocycles. The topological polar surface area (TPSA) is 84.1 Å². The van der Waals surface area contributed by atoms with Crippen LogP contribution in [0.2, 0.25) is 0 Å². The highest BCUT2D eigenvalue weighted by Crippen LogP contribution is 2.30. The number of quaternary nitrogens is 1. The van der Waals surface area contributed by atoms with Gasteiger partial charge in [-0.2, -0.15) is 9.57 Å². The van der Waals surface area contributed by atoms with Gasteiger partial charge in [0.05, 0.1) is 56.9 Å². The fourth-order valence-corrected chi connectivity index (χ4v) is 4.86. The van der Waals surface area contributed by atoms with Gasteiger partial charge in [0, 0.05) is 11.6 Å². The number of nitrogens with one attached hydrogen (secondary N) is 1. The summed E-state index contributed by atoms with van der Waals surface area (Å²) in [5.41, 5.74) is 1.67. The van der Waals surface area contributed by atoms with E-state index >= 15 is 0 Å². The molecule has 0 atom stereocenters. The lowest BCUT2D eigenvalue weighted by Crippen LogP contribution is -3.13. The van der Waals surface area contributed by atoms with Crippen molar-refractivity contribution in [1.29, 1.82) is 5.26 Å². The number of nitriles is 1. The van der Waals surface area contributed by atoms with Crippen LogP contribution in [-0.2, 0) is 16.6 Å². The van der Waals surface area contributed by atoms with Gasteiger partial charge >= 0.3 is 0 Å². The SMILES string of the molecule is COc1ccc(S(=O)(=O)N2CC[NH+](Cc3ccccc3C#N)CC2)cc1OC. The minimum Gasteiger partial charge on any atom is -0.493 e. The molecule has 0 saturated carbocycles. The highest BCUT2D eigenvalue weighted by molar-refractivity contribution is 7.89. The molecular formula is C20H24N3O4S+. The predicted molar refractivity (Wildman–Crippen MR) is 104 cm³/mol. The first-order valence-electron chi connectivity index (χ1n) is 9.03. The van der Waals surface area contributed by atoms with Crippen molar-refractivity contribution in [2.75, 3.05) is 40.4 Å². The highest BCUT2D eigenvalue weighted by atomic mass is 32.2. The summed E-state index contributed by atoms with van der Waals surface area (Å²) in [6.07, 6.45) is 0. The first kappa shape index (κ1) is 20.1. The van der Waals surface area contributed by atoms with E-state index in [-0.39, 0.29) is 4.90 Å². The maximum absolute atomic E-state index is 13.0. The van der Waals surface area contributed by atoms with E-state index in [1.54, 1.807) is 12.1 Å². The van der Waals surface area contributed by atoms with Crippen LogP contribution in [0.1, 0.15) is 11.1 Å². The smallest absolute Gasteiger partial charge is 0.243 e. The summed E-state index contributed by atoms with van der Waals surface area (Å²) < 4.78 is 37.9. The highest BCUT2D eigenvalue weighted by Gasteiger charge is 2.31. The molecule has 3 rings (SSSR count). The zero-order chi connectivity index (χ0) is 20.1. The van der Waals surface area contributed by atoms with Crippen molar-refractivity contribution >= 4 is 10.0 Å². The molecule has 1 saturated heterocycles. The van der Waals surface area contributed by atoms with Crippen molar-refractivity contribution in [1.82, 2.24) is 4.31 Å². The van der Waals surface area contributed by atoms with Crippen molar-refractivity contribution < 1.29 is 22.8 Å². The maximum Gasteiger partial charge on any atom is 0.243 e. The fraction of sp³-hybridized carbons (Fsp3) is 0.350. The Labute approximate surface area is 165 Å². The second-order valence-electron chi connectivity index (χ2n) is 6.62. The zero-order valence-corrected chi connectivity index (χ0v) is 16.8. The molecular weight excluding hydrogens is 378 g/mol. The van der Waals surface area contributed by atoms with E-state index in [1.807, 2.05) is 24.3 Å². The number of methoxy groups -OCH3 is 2. The maximum atomic E-state index is 13.0. The number of nitrogens with zero attached hydrogens (tertiary/aromatic N) is 2. The van der Waals surface area contributed by atoms with Crippen molar-refractivity contribution in [3.63, 3.8) is 0 Å². The molecule has 0 aliphatic carbocycles. The van der Waals surface area contributed by atoms with E-state index in [9.17, 15) is 13.7 Å². The Hall–Kier alpha value is -2.60. The van der Waals surface area contributed by atoms with Crippen LogP contribution in [0.5, 0.6) is 11.5 Å². The number of benzene rings is 2. The lowest BCUT2D eigenvalue weighted by Gasteiger charge is -2.31. The van der Waals surface area contributed by atoms with Gasteiger partial charge in [-0.1, -0.05) is 18.2 Å². The zero-order valence-electron chi connectivity index (χ0n) is 16.0. The Balaban J connectivity index is 1.69. The summed E-state index contributed by atoms with van der Waals surface area (Å²) >= 11 is 0. The quantitative estimate of drug-likeness (QED) is 0.768. The van der Waals surface area contributed by atoms with Gasteiger partial charge in [0.15, 0.2) is 11.5 Å². The number of rotatable bonds is 6. The molecule has 1 fully saturated rings. The van der Waals surface area contributed by atoms with E-state index in [1.165, 1.54) is 29.5 Å². The first-order chi connectivity index (χ1) is 13.5. The minimum atomic E-state index is -3.60. The average Bonchev–Trinajstić information content (AvgIpc) is 2.74. The van der Waals surface area contributed by atoms with Crippen LogP contribution >= 0.6 is 0 Å². The Morgan fingerprint density at radius 1 is 1.07 bits per heavy atom. The van der Waals surface area contributed by atoms with E-state index in [0.717, 1.165) is 5.56 Å². The van der Waals surface area contributed by atoms with E-state index < -0.39 is 10.0 Å². The van der Waals surface area contributed by atoms with E-state index in [2.05, 4.69) is 6.07 Å². The predicted octanol–water partition coefficient (Wildman–Crippen LogP) is 0.665. The Morgan fingerprint density at radius 2 is 1.75 bits per heavy atom. The first-order valence-corrected chi connectivity index (χ1v) is 10.5.